The second-order valence-electron chi connectivity index (χ2n) is 3.32. The quantitative estimate of drug-likeness (QED) is 0.420. The fourth-order valence-corrected chi connectivity index (χ4v) is 1.16. The topological polar surface area (TPSA) is 52.4 Å². The lowest BCUT2D eigenvalue weighted by Gasteiger charge is -2.01. The molecule has 16 heavy (non-hydrogen) atoms. The molecule has 0 radical (unpaired) electrons. The van der Waals surface area contributed by atoms with Gasteiger partial charge in [-0.15, -0.1) is 0 Å². The van der Waals surface area contributed by atoms with Gasteiger partial charge >= 0.3 is 0 Å². The van der Waals surface area contributed by atoms with Crippen LogP contribution in [0.15, 0.2) is 36.4 Å². The van der Waals surface area contributed by atoms with Crippen LogP contribution in [0.1, 0.15) is 19.8 Å². The summed E-state index contributed by atoms with van der Waals surface area (Å²) in [6, 6.07) is 6.08. The third kappa shape index (κ3) is 4.13. The molecule has 1 aromatic rings. The third-order valence-electron chi connectivity index (χ3n) is 2.02. The summed E-state index contributed by atoms with van der Waals surface area (Å²) in [5.74, 6) is 0.645. The zero-order valence-corrected chi connectivity index (χ0v) is 9.26. The molecule has 0 spiro atoms. The summed E-state index contributed by atoms with van der Waals surface area (Å²) < 4.78 is 5.38. The van der Waals surface area contributed by atoms with Crippen molar-refractivity contribution in [2.45, 2.75) is 19.8 Å². The molecule has 0 amide bonds. The number of unbranched alkanes of at least 4 members (excludes halogenated alkanes) is 1. The number of nitro benzene ring substituents is 1. The normalized spacial score (nSPS) is 10.6. The number of nitrogens with zero attached hydrogens (tertiary/aromatic N) is 1. The van der Waals surface area contributed by atoms with Crippen molar-refractivity contribution in [2.75, 3.05) is 6.61 Å². The lowest BCUT2D eigenvalue weighted by molar-refractivity contribution is -0.384. The monoisotopic (exact) mass is 221 g/mol. The number of nitro groups is 1. The first kappa shape index (κ1) is 12.2. The molecule has 0 saturated carbocycles. The Bertz CT molecular complexity index is 357. The Morgan fingerprint density at radius 1 is 1.31 bits per heavy atom. The number of allylic oxidation sites excluding steroid dienone is 1. The van der Waals surface area contributed by atoms with Crippen LogP contribution in [0.2, 0.25) is 0 Å². The number of non-ortho nitro benzene ring substituents is 1. The molecule has 0 aliphatic rings. The summed E-state index contributed by atoms with van der Waals surface area (Å²) >= 11 is 0. The van der Waals surface area contributed by atoms with Crippen LogP contribution >= 0.6 is 0 Å². The largest absolute Gasteiger partial charge is 0.490 e. The van der Waals surface area contributed by atoms with Gasteiger partial charge in [0.15, 0.2) is 0 Å². The highest BCUT2D eigenvalue weighted by Crippen LogP contribution is 2.17. The first-order valence-corrected chi connectivity index (χ1v) is 5.26. The van der Waals surface area contributed by atoms with Crippen molar-refractivity contribution in [2.24, 2.45) is 0 Å². The number of rotatable bonds is 6. The van der Waals surface area contributed by atoms with Crippen LogP contribution in [-0.4, -0.2) is 11.5 Å². The van der Waals surface area contributed by atoms with Gasteiger partial charge in [-0.05, 0) is 18.6 Å². The van der Waals surface area contributed by atoms with Crippen LogP contribution in [0.3, 0.4) is 0 Å². The molecule has 0 heterocycles. The van der Waals surface area contributed by atoms with Gasteiger partial charge in [-0.25, -0.2) is 0 Å². The maximum atomic E-state index is 10.4. The van der Waals surface area contributed by atoms with Gasteiger partial charge in [-0.1, -0.05) is 25.5 Å². The number of hydrogen-bond acceptors (Lipinski definition) is 3. The number of ether oxygens (including phenoxy) is 1. The number of hydrogen-bond donors (Lipinski definition) is 0. The average Bonchev–Trinajstić information content (AvgIpc) is 2.29. The van der Waals surface area contributed by atoms with E-state index in [4.69, 9.17) is 4.74 Å². The Kier molecular flexibility index (Phi) is 5.05. The van der Waals surface area contributed by atoms with Crippen molar-refractivity contribution < 1.29 is 9.66 Å². The van der Waals surface area contributed by atoms with Crippen LogP contribution in [0.5, 0.6) is 5.75 Å². The summed E-state index contributed by atoms with van der Waals surface area (Å²) in [6.07, 6.45) is 6.17. The summed E-state index contributed by atoms with van der Waals surface area (Å²) in [5.41, 5.74) is 0.0777. The van der Waals surface area contributed by atoms with Crippen LogP contribution in [0, 0.1) is 10.1 Å². The first-order valence-electron chi connectivity index (χ1n) is 5.26. The zero-order valence-electron chi connectivity index (χ0n) is 9.26. The second kappa shape index (κ2) is 6.61. The van der Waals surface area contributed by atoms with Crippen molar-refractivity contribution in [1.29, 1.82) is 0 Å². The van der Waals surface area contributed by atoms with Gasteiger partial charge in [-0.3, -0.25) is 10.1 Å². The van der Waals surface area contributed by atoms with Gasteiger partial charge in [-0.2, -0.15) is 0 Å². The molecule has 0 aliphatic carbocycles. The summed E-state index contributed by atoms with van der Waals surface area (Å²) in [7, 11) is 0. The molecule has 0 aromatic heterocycles. The Morgan fingerprint density at radius 3 is 2.56 bits per heavy atom. The zero-order chi connectivity index (χ0) is 11.8. The van der Waals surface area contributed by atoms with Gasteiger partial charge in [0, 0.05) is 12.1 Å². The van der Waals surface area contributed by atoms with Crippen molar-refractivity contribution in [1.82, 2.24) is 0 Å². The van der Waals surface area contributed by atoms with Gasteiger partial charge < -0.3 is 4.74 Å². The molecule has 1 aromatic carbocycles. The summed E-state index contributed by atoms with van der Waals surface area (Å²) in [5, 5.41) is 10.4. The highest BCUT2D eigenvalue weighted by molar-refractivity contribution is 5.36. The molecular formula is C12H15NO3. The van der Waals surface area contributed by atoms with E-state index in [9.17, 15) is 10.1 Å². The van der Waals surface area contributed by atoms with E-state index in [1.54, 1.807) is 12.1 Å². The smallest absolute Gasteiger partial charge is 0.269 e. The van der Waals surface area contributed by atoms with E-state index in [1.165, 1.54) is 12.1 Å². The minimum atomic E-state index is -0.426. The Morgan fingerprint density at radius 2 is 2.00 bits per heavy atom. The van der Waals surface area contributed by atoms with E-state index < -0.39 is 4.92 Å². The van der Waals surface area contributed by atoms with Crippen LogP contribution in [0.4, 0.5) is 5.69 Å². The van der Waals surface area contributed by atoms with E-state index in [0.717, 1.165) is 12.8 Å². The maximum Gasteiger partial charge on any atom is 0.269 e. The molecule has 0 saturated heterocycles. The predicted octanol–water partition coefficient (Wildman–Crippen LogP) is 3.33. The van der Waals surface area contributed by atoms with E-state index >= 15 is 0 Å². The van der Waals surface area contributed by atoms with Crippen molar-refractivity contribution in [3.63, 3.8) is 0 Å². The Hall–Kier alpha value is -1.84. The molecule has 4 nitrogen and oxygen atoms in total. The van der Waals surface area contributed by atoms with Crippen molar-refractivity contribution >= 4 is 5.69 Å². The Balaban J connectivity index is 2.40. The molecule has 0 fully saturated rings. The predicted molar refractivity (Wildman–Crippen MR) is 62.6 cm³/mol. The van der Waals surface area contributed by atoms with E-state index in [0.29, 0.717) is 12.4 Å². The molecule has 86 valence electrons. The molecule has 0 atom stereocenters. The standard InChI is InChI=1S/C12H15NO3/c1-2-3-4-5-10-16-12-8-6-11(7-9-12)13(14)15/h4-9H,2-3,10H2,1H3/b5-4+. The van der Waals surface area contributed by atoms with Crippen LogP contribution < -0.4 is 4.74 Å². The highest BCUT2D eigenvalue weighted by Gasteiger charge is 2.03. The maximum absolute atomic E-state index is 10.4. The summed E-state index contributed by atoms with van der Waals surface area (Å²) in [4.78, 5) is 9.97. The molecule has 4 heteroatoms. The van der Waals surface area contributed by atoms with E-state index in [-0.39, 0.29) is 5.69 Å². The molecular weight excluding hydrogens is 206 g/mol. The van der Waals surface area contributed by atoms with Crippen molar-refractivity contribution in [3.05, 3.63) is 46.5 Å². The molecule has 1 rings (SSSR count). The Labute approximate surface area is 94.7 Å². The van der Waals surface area contributed by atoms with Crippen LogP contribution in [-0.2, 0) is 0 Å². The van der Waals surface area contributed by atoms with Gasteiger partial charge in [0.2, 0.25) is 0 Å². The third-order valence-corrected chi connectivity index (χ3v) is 2.02. The first-order chi connectivity index (χ1) is 7.74. The fraction of sp³-hybridized carbons (Fsp3) is 0.333. The van der Waals surface area contributed by atoms with Crippen molar-refractivity contribution in [3.8, 4) is 5.75 Å². The number of benzene rings is 1. The minimum Gasteiger partial charge on any atom is -0.490 e. The van der Waals surface area contributed by atoms with E-state index in [1.807, 2.05) is 6.08 Å². The van der Waals surface area contributed by atoms with Crippen LogP contribution in [0.25, 0.3) is 0 Å². The van der Waals surface area contributed by atoms with Gasteiger partial charge in [0.1, 0.15) is 12.4 Å². The molecule has 0 bridgehead atoms. The summed E-state index contributed by atoms with van der Waals surface area (Å²) in [6.45, 7) is 2.61. The highest BCUT2D eigenvalue weighted by atomic mass is 16.6. The fourth-order valence-electron chi connectivity index (χ4n) is 1.16. The minimum absolute atomic E-state index is 0.0777. The second-order valence-corrected chi connectivity index (χ2v) is 3.32. The SMILES string of the molecule is CCC/C=C/COc1ccc([N+](=O)[O-])cc1. The van der Waals surface area contributed by atoms with E-state index in [2.05, 4.69) is 13.0 Å². The lowest BCUT2D eigenvalue weighted by atomic mass is 10.3. The average molecular weight is 221 g/mol. The molecule has 0 aliphatic heterocycles. The van der Waals surface area contributed by atoms with Gasteiger partial charge in [0.05, 0.1) is 4.92 Å². The lowest BCUT2D eigenvalue weighted by Crippen LogP contribution is -1.93. The van der Waals surface area contributed by atoms with Gasteiger partial charge in [0.25, 0.3) is 5.69 Å². The molecule has 0 unspecified atom stereocenters. The molecule has 0 N–H and O–H groups in total.